The fraction of sp³-hybridized carbons (Fsp3) is 0.600. The van der Waals surface area contributed by atoms with Gasteiger partial charge in [0.2, 0.25) is 0 Å². The molecular weight excluding hydrogens is 314 g/mol. The second kappa shape index (κ2) is 6.68. The second-order valence-electron chi connectivity index (χ2n) is 7.79. The third-order valence-electron chi connectivity index (χ3n) is 6.09. The number of nitrogens with zero attached hydrogens (tertiary/aromatic N) is 2. The maximum atomic E-state index is 12.0. The molecule has 25 heavy (non-hydrogen) atoms. The van der Waals surface area contributed by atoms with E-state index in [2.05, 4.69) is 28.4 Å². The number of benzene rings is 1. The summed E-state index contributed by atoms with van der Waals surface area (Å²) in [7, 11) is 0. The number of ether oxygens (including phenoxy) is 1. The van der Waals surface area contributed by atoms with Crippen LogP contribution in [-0.2, 0) is 4.74 Å². The summed E-state index contributed by atoms with van der Waals surface area (Å²) >= 11 is 0. The van der Waals surface area contributed by atoms with Crippen molar-refractivity contribution in [2.45, 2.75) is 49.6 Å². The van der Waals surface area contributed by atoms with Gasteiger partial charge in [-0.1, -0.05) is 30.3 Å². The Morgan fingerprint density at radius 2 is 2.08 bits per heavy atom. The zero-order chi connectivity index (χ0) is 17.3. The fourth-order valence-electron chi connectivity index (χ4n) is 4.21. The van der Waals surface area contributed by atoms with Crippen LogP contribution in [0.3, 0.4) is 0 Å². The largest absolute Gasteiger partial charge is 0.449 e. The number of nitrogens with one attached hydrogen (secondary N) is 1. The normalized spacial score (nSPS) is 27.5. The van der Waals surface area contributed by atoms with Gasteiger partial charge >= 0.3 is 6.09 Å². The average molecular weight is 339 g/mol. The standard InChI is InChI=1S/C20H25N3O2/c21-10-9-20(7-4-8-20)23-12-15(13-23)14-25-19(24)22-18-11-17(18)16-5-2-1-3-6-16/h1-3,5-6,15,17-18H,4,7-9,11-14H2,(H,22,24)/t17-,18+/m0/s1. The molecule has 3 aliphatic rings. The molecule has 2 aliphatic carbocycles. The Kier molecular flexibility index (Phi) is 4.39. The number of carbonyl (C=O) groups is 1. The monoisotopic (exact) mass is 339 g/mol. The van der Waals surface area contributed by atoms with Crippen LogP contribution in [-0.4, -0.2) is 42.3 Å². The van der Waals surface area contributed by atoms with Crippen molar-refractivity contribution in [3.8, 4) is 6.07 Å². The van der Waals surface area contributed by atoms with Crippen LogP contribution in [0.15, 0.2) is 30.3 Å². The number of alkyl carbamates (subject to hydrolysis) is 1. The summed E-state index contributed by atoms with van der Waals surface area (Å²) in [6.45, 7) is 2.38. The first-order valence-electron chi connectivity index (χ1n) is 9.30. The van der Waals surface area contributed by atoms with Crippen molar-refractivity contribution in [1.29, 1.82) is 5.26 Å². The van der Waals surface area contributed by atoms with Gasteiger partial charge in [-0.25, -0.2) is 4.79 Å². The van der Waals surface area contributed by atoms with Crippen LogP contribution in [0.25, 0.3) is 0 Å². The summed E-state index contributed by atoms with van der Waals surface area (Å²) in [4.78, 5) is 14.4. The maximum Gasteiger partial charge on any atom is 0.407 e. The lowest BCUT2D eigenvalue weighted by atomic mass is 9.71. The highest BCUT2D eigenvalue weighted by Gasteiger charge is 2.47. The van der Waals surface area contributed by atoms with Crippen LogP contribution in [0.4, 0.5) is 4.79 Å². The zero-order valence-electron chi connectivity index (χ0n) is 14.5. The summed E-state index contributed by atoms with van der Waals surface area (Å²) in [5.74, 6) is 0.837. The molecule has 1 aromatic rings. The van der Waals surface area contributed by atoms with Crippen LogP contribution in [0.5, 0.6) is 0 Å². The third kappa shape index (κ3) is 3.36. The van der Waals surface area contributed by atoms with Gasteiger partial charge < -0.3 is 10.1 Å². The lowest BCUT2D eigenvalue weighted by molar-refractivity contribution is -0.0733. The van der Waals surface area contributed by atoms with Gasteiger partial charge in [-0.05, 0) is 31.2 Å². The van der Waals surface area contributed by atoms with E-state index in [0.29, 0.717) is 24.9 Å². The Bertz CT molecular complexity index is 659. The molecule has 5 nitrogen and oxygen atoms in total. The fourth-order valence-corrected chi connectivity index (χ4v) is 4.21. The molecular formula is C20H25N3O2. The van der Waals surface area contributed by atoms with Crippen molar-refractivity contribution in [1.82, 2.24) is 10.2 Å². The van der Waals surface area contributed by atoms with Crippen molar-refractivity contribution >= 4 is 6.09 Å². The lowest BCUT2D eigenvalue weighted by Gasteiger charge is -2.56. The van der Waals surface area contributed by atoms with Gasteiger partial charge in [-0.15, -0.1) is 0 Å². The van der Waals surface area contributed by atoms with Crippen molar-refractivity contribution < 1.29 is 9.53 Å². The molecule has 0 bridgehead atoms. The van der Waals surface area contributed by atoms with Gasteiger partial charge in [0.15, 0.2) is 0 Å². The zero-order valence-corrected chi connectivity index (χ0v) is 14.5. The molecule has 4 rings (SSSR count). The predicted molar refractivity (Wildman–Crippen MR) is 93.9 cm³/mol. The van der Waals surface area contributed by atoms with Crippen LogP contribution in [0.2, 0.25) is 0 Å². The first kappa shape index (κ1) is 16.4. The van der Waals surface area contributed by atoms with E-state index in [4.69, 9.17) is 10.00 Å². The van der Waals surface area contributed by atoms with Crippen LogP contribution < -0.4 is 5.32 Å². The minimum absolute atomic E-state index is 0.129. The van der Waals surface area contributed by atoms with Crippen LogP contribution in [0, 0.1) is 17.2 Å². The molecule has 0 radical (unpaired) electrons. The van der Waals surface area contributed by atoms with Gasteiger partial charge in [-0.2, -0.15) is 5.26 Å². The molecule has 1 aromatic carbocycles. The molecule has 2 saturated carbocycles. The Morgan fingerprint density at radius 1 is 1.32 bits per heavy atom. The Labute approximate surface area is 149 Å². The smallest absolute Gasteiger partial charge is 0.407 e. The van der Waals surface area contributed by atoms with Gasteiger partial charge in [0.25, 0.3) is 0 Å². The third-order valence-corrected chi connectivity index (χ3v) is 6.09. The molecule has 0 unspecified atom stereocenters. The molecule has 132 valence electrons. The summed E-state index contributed by atoms with van der Waals surface area (Å²) in [5, 5.41) is 12.0. The quantitative estimate of drug-likeness (QED) is 0.865. The van der Waals surface area contributed by atoms with Gasteiger partial charge in [0.05, 0.1) is 19.1 Å². The number of carbonyl (C=O) groups excluding carboxylic acids is 1. The summed E-state index contributed by atoms with van der Waals surface area (Å²) in [6.07, 6.45) is 4.83. The van der Waals surface area contributed by atoms with E-state index >= 15 is 0 Å². The van der Waals surface area contributed by atoms with Crippen LogP contribution in [0.1, 0.15) is 43.6 Å². The number of nitriles is 1. The molecule has 1 N–H and O–H groups in total. The first-order valence-corrected chi connectivity index (χ1v) is 9.30. The Balaban J connectivity index is 1.15. The number of likely N-dealkylation sites (tertiary alicyclic amines) is 1. The molecule has 0 aromatic heterocycles. The van der Waals surface area contributed by atoms with E-state index in [-0.39, 0.29) is 17.7 Å². The van der Waals surface area contributed by atoms with Crippen LogP contribution >= 0.6 is 0 Å². The highest BCUT2D eigenvalue weighted by molar-refractivity contribution is 5.68. The first-order chi connectivity index (χ1) is 12.2. The van der Waals surface area contributed by atoms with Crippen molar-refractivity contribution in [2.75, 3.05) is 19.7 Å². The van der Waals surface area contributed by atoms with E-state index in [1.165, 1.54) is 12.0 Å². The SMILES string of the molecule is N#CCC1(N2CC(COC(=O)N[C@@H]3C[C@H]3c3ccccc3)C2)CCC1. The van der Waals surface area contributed by atoms with E-state index in [1.807, 2.05) is 18.2 Å². The Morgan fingerprint density at radius 3 is 2.72 bits per heavy atom. The van der Waals surface area contributed by atoms with Crippen molar-refractivity contribution in [2.24, 2.45) is 5.92 Å². The number of rotatable bonds is 6. The lowest BCUT2D eigenvalue weighted by Crippen LogP contribution is -2.63. The summed E-state index contributed by atoms with van der Waals surface area (Å²) in [6, 6.07) is 12.8. The molecule has 1 saturated heterocycles. The van der Waals surface area contributed by atoms with Crippen molar-refractivity contribution in [3.05, 3.63) is 35.9 Å². The molecule has 1 aliphatic heterocycles. The molecule has 5 heteroatoms. The maximum absolute atomic E-state index is 12.0. The molecule has 1 heterocycles. The highest BCUT2D eigenvalue weighted by Crippen LogP contribution is 2.44. The van der Waals surface area contributed by atoms with Gasteiger partial charge in [0.1, 0.15) is 0 Å². The Hall–Kier alpha value is -2.06. The van der Waals surface area contributed by atoms with E-state index in [0.717, 1.165) is 32.4 Å². The van der Waals surface area contributed by atoms with Gasteiger partial charge in [0, 0.05) is 36.5 Å². The van der Waals surface area contributed by atoms with Crippen molar-refractivity contribution in [3.63, 3.8) is 0 Å². The van der Waals surface area contributed by atoms with E-state index in [9.17, 15) is 4.79 Å². The topological polar surface area (TPSA) is 65.4 Å². The minimum Gasteiger partial charge on any atom is -0.449 e. The summed E-state index contributed by atoms with van der Waals surface area (Å²) in [5.41, 5.74) is 1.41. The van der Waals surface area contributed by atoms with E-state index in [1.54, 1.807) is 0 Å². The molecule has 0 spiro atoms. The predicted octanol–water partition coefficient (Wildman–Crippen LogP) is 3.04. The minimum atomic E-state index is -0.294. The second-order valence-corrected chi connectivity index (χ2v) is 7.79. The number of hydrogen-bond acceptors (Lipinski definition) is 4. The number of hydrogen-bond donors (Lipinski definition) is 1. The average Bonchev–Trinajstić information content (AvgIpc) is 3.30. The highest BCUT2D eigenvalue weighted by atomic mass is 16.5. The molecule has 1 amide bonds. The molecule has 3 fully saturated rings. The van der Waals surface area contributed by atoms with Gasteiger partial charge in [-0.3, -0.25) is 4.90 Å². The number of amides is 1. The molecule has 2 atom stereocenters. The summed E-state index contributed by atoms with van der Waals surface area (Å²) < 4.78 is 5.41. The van der Waals surface area contributed by atoms with E-state index < -0.39 is 0 Å².